The van der Waals surface area contributed by atoms with Crippen LogP contribution in [-0.4, -0.2) is 5.88 Å². The number of allylic oxidation sites excluding steroid dienone is 1. The van der Waals surface area contributed by atoms with Crippen molar-refractivity contribution in [2.24, 2.45) is 0 Å². The van der Waals surface area contributed by atoms with Crippen LogP contribution in [0.15, 0.2) is 42.5 Å². The number of halogens is 4. The number of hydrogen-bond donors (Lipinski definition) is 0. The van der Waals surface area contributed by atoms with Gasteiger partial charge in [-0.1, -0.05) is 41.4 Å². The van der Waals surface area contributed by atoms with Gasteiger partial charge < -0.3 is 0 Å². The largest absolute Gasteiger partial charge is 0.206 e. The molecule has 2 aromatic rings. The second kappa shape index (κ2) is 6.42. The molecule has 2 aromatic carbocycles. The Balaban J connectivity index is 2.44. The van der Waals surface area contributed by atoms with E-state index in [1.54, 1.807) is 24.3 Å². The lowest BCUT2D eigenvalue weighted by atomic mass is 10.0. The van der Waals surface area contributed by atoms with Crippen molar-refractivity contribution in [1.82, 2.24) is 0 Å². The third-order valence-corrected chi connectivity index (χ3v) is 3.37. The fourth-order valence-electron chi connectivity index (χ4n) is 1.74. The minimum atomic E-state index is -0.388. The fourth-order valence-corrected chi connectivity index (χ4v) is 2.31. The van der Waals surface area contributed by atoms with Gasteiger partial charge in [0.2, 0.25) is 0 Å². The van der Waals surface area contributed by atoms with Crippen LogP contribution in [0.5, 0.6) is 0 Å². The SMILES string of the molecule is Fc1cc(Cl)ccc1/C(=C/c1cccc(Cl)c1)CCl. The van der Waals surface area contributed by atoms with Gasteiger partial charge in [-0.2, -0.15) is 0 Å². The molecule has 98 valence electrons. The second-order valence-corrected chi connectivity index (χ2v) is 5.12. The summed E-state index contributed by atoms with van der Waals surface area (Å²) in [5.74, 6) is -0.188. The average molecular weight is 316 g/mol. The molecule has 0 aliphatic rings. The third kappa shape index (κ3) is 3.73. The van der Waals surface area contributed by atoms with Crippen molar-refractivity contribution in [3.8, 4) is 0 Å². The quantitative estimate of drug-likeness (QED) is 0.488. The summed E-state index contributed by atoms with van der Waals surface area (Å²) in [6.45, 7) is 0. The molecule has 0 aliphatic heterocycles. The van der Waals surface area contributed by atoms with Crippen LogP contribution in [0.4, 0.5) is 4.39 Å². The predicted molar refractivity (Wildman–Crippen MR) is 81.5 cm³/mol. The number of benzene rings is 2. The van der Waals surface area contributed by atoms with Crippen LogP contribution in [0.3, 0.4) is 0 Å². The highest BCUT2D eigenvalue weighted by atomic mass is 35.5. The van der Waals surface area contributed by atoms with E-state index in [1.807, 2.05) is 18.2 Å². The molecule has 19 heavy (non-hydrogen) atoms. The summed E-state index contributed by atoms with van der Waals surface area (Å²) in [6, 6.07) is 11.8. The maximum atomic E-state index is 13.9. The van der Waals surface area contributed by atoms with E-state index in [4.69, 9.17) is 34.8 Å². The molecule has 0 N–H and O–H groups in total. The zero-order valence-corrected chi connectivity index (χ0v) is 12.1. The lowest BCUT2D eigenvalue weighted by molar-refractivity contribution is 0.624. The third-order valence-electron chi connectivity index (χ3n) is 2.61. The van der Waals surface area contributed by atoms with Crippen LogP contribution in [0.2, 0.25) is 10.0 Å². The highest BCUT2D eigenvalue weighted by Crippen LogP contribution is 2.25. The Morgan fingerprint density at radius 2 is 1.79 bits per heavy atom. The van der Waals surface area contributed by atoms with E-state index >= 15 is 0 Å². The molecule has 0 aliphatic carbocycles. The molecule has 0 bridgehead atoms. The molecule has 0 fully saturated rings. The zero-order chi connectivity index (χ0) is 13.8. The Hall–Kier alpha value is -1.02. The van der Waals surface area contributed by atoms with Crippen molar-refractivity contribution in [2.45, 2.75) is 0 Å². The summed E-state index contributed by atoms with van der Waals surface area (Å²) < 4.78 is 13.9. The predicted octanol–water partition coefficient (Wildman–Crippen LogP) is 5.91. The molecular weight excluding hydrogens is 306 g/mol. The highest BCUT2D eigenvalue weighted by Gasteiger charge is 2.08. The first-order chi connectivity index (χ1) is 9.10. The highest BCUT2D eigenvalue weighted by molar-refractivity contribution is 6.31. The molecule has 0 aromatic heterocycles. The van der Waals surface area contributed by atoms with Crippen molar-refractivity contribution in [3.63, 3.8) is 0 Å². The van der Waals surface area contributed by atoms with Crippen molar-refractivity contribution >= 4 is 46.5 Å². The molecule has 0 unspecified atom stereocenters. The summed E-state index contributed by atoms with van der Waals surface area (Å²) in [5.41, 5.74) is 2.00. The molecule has 0 saturated heterocycles. The average Bonchev–Trinajstić information content (AvgIpc) is 2.37. The molecule has 0 amide bonds. The summed E-state index contributed by atoms with van der Waals surface area (Å²) in [5, 5.41) is 0.983. The number of rotatable bonds is 3. The smallest absolute Gasteiger partial charge is 0.132 e. The van der Waals surface area contributed by atoms with E-state index in [9.17, 15) is 4.39 Å². The summed E-state index contributed by atoms with van der Waals surface area (Å²) in [6.07, 6.45) is 1.81. The maximum Gasteiger partial charge on any atom is 0.132 e. The Kier molecular flexibility index (Phi) is 4.87. The van der Waals surface area contributed by atoms with Crippen LogP contribution in [0, 0.1) is 5.82 Å². The van der Waals surface area contributed by atoms with Crippen LogP contribution in [0.1, 0.15) is 11.1 Å². The monoisotopic (exact) mass is 314 g/mol. The van der Waals surface area contributed by atoms with Gasteiger partial charge in [0, 0.05) is 21.5 Å². The van der Waals surface area contributed by atoms with E-state index in [1.165, 1.54) is 6.07 Å². The van der Waals surface area contributed by atoms with Gasteiger partial charge in [-0.25, -0.2) is 4.39 Å². The summed E-state index contributed by atoms with van der Waals surface area (Å²) in [7, 11) is 0. The summed E-state index contributed by atoms with van der Waals surface area (Å²) in [4.78, 5) is 0. The van der Waals surface area contributed by atoms with Crippen LogP contribution in [-0.2, 0) is 0 Å². The molecule has 0 spiro atoms. The number of hydrogen-bond acceptors (Lipinski definition) is 0. The summed E-state index contributed by atoms with van der Waals surface area (Å²) >= 11 is 17.6. The second-order valence-electron chi connectivity index (χ2n) is 3.98. The molecule has 0 nitrogen and oxygen atoms in total. The minimum Gasteiger partial charge on any atom is -0.206 e. The van der Waals surface area contributed by atoms with E-state index in [0.29, 0.717) is 21.2 Å². The Morgan fingerprint density at radius 1 is 1.05 bits per heavy atom. The molecule has 0 saturated carbocycles. The van der Waals surface area contributed by atoms with Crippen molar-refractivity contribution in [2.75, 3.05) is 5.88 Å². The number of alkyl halides is 1. The topological polar surface area (TPSA) is 0 Å². The maximum absolute atomic E-state index is 13.9. The Bertz CT molecular complexity index is 621. The van der Waals surface area contributed by atoms with Gasteiger partial charge in [-0.15, -0.1) is 11.6 Å². The van der Waals surface area contributed by atoms with Gasteiger partial charge in [-0.05, 0) is 41.5 Å². The van der Waals surface area contributed by atoms with Crippen molar-refractivity contribution in [3.05, 3.63) is 69.5 Å². The molecular formula is C15H10Cl3F. The zero-order valence-electron chi connectivity index (χ0n) is 9.84. The van der Waals surface area contributed by atoms with E-state index < -0.39 is 0 Å². The fraction of sp³-hybridized carbons (Fsp3) is 0.0667. The van der Waals surface area contributed by atoms with Gasteiger partial charge in [0.15, 0.2) is 0 Å². The molecule has 0 radical (unpaired) electrons. The van der Waals surface area contributed by atoms with Gasteiger partial charge in [0.25, 0.3) is 0 Å². The molecule has 2 rings (SSSR count). The van der Waals surface area contributed by atoms with E-state index in [-0.39, 0.29) is 11.7 Å². The van der Waals surface area contributed by atoms with Crippen LogP contribution in [0.25, 0.3) is 11.6 Å². The minimum absolute atomic E-state index is 0.199. The first-order valence-electron chi connectivity index (χ1n) is 5.57. The van der Waals surface area contributed by atoms with Crippen molar-refractivity contribution < 1.29 is 4.39 Å². The lowest BCUT2D eigenvalue weighted by Gasteiger charge is -2.07. The van der Waals surface area contributed by atoms with Crippen LogP contribution >= 0.6 is 34.8 Å². The Morgan fingerprint density at radius 3 is 2.42 bits per heavy atom. The Labute approximate surface area is 126 Å². The van der Waals surface area contributed by atoms with E-state index in [2.05, 4.69) is 0 Å². The lowest BCUT2D eigenvalue weighted by Crippen LogP contribution is -1.91. The molecule has 0 heterocycles. The first-order valence-corrected chi connectivity index (χ1v) is 6.86. The van der Waals surface area contributed by atoms with Gasteiger partial charge in [0.1, 0.15) is 5.82 Å². The van der Waals surface area contributed by atoms with Crippen molar-refractivity contribution in [1.29, 1.82) is 0 Å². The van der Waals surface area contributed by atoms with Gasteiger partial charge in [0.05, 0.1) is 0 Å². The standard InChI is InChI=1S/C15H10Cl3F/c16-9-11(6-10-2-1-3-12(17)7-10)14-5-4-13(18)8-15(14)19/h1-8H,9H2/b11-6+. The van der Waals surface area contributed by atoms with Gasteiger partial charge in [-0.3, -0.25) is 0 Å². The normalized spacial score (nSPS) is 11.7. The van der Waals surface area contributed by atoms with Crippen LogP contribution < -0.4 is 0 Å². The van der Waals surface area contributed by atoms with Gasteiger partial charge >= 0.3 is 0 Å². The molecule has 0 atom stereocenters. The van der Waals surface area contributed by atoms with E-state index in [0.717, 1.165) is 5.56 Å². The first kappa shape index (κ1) is 14.4. The molecule has 4 heteroatoms.